The Balaban J connectivity index is 1.46. The topological polar surface area (TPSA) is 59.3 Å². The maximum atomic E-state index is 13.9. The number of halogens is 12. The summed E-state index contributed by atoms with van der Waals surface area (Å²) in [5.41, 5.74) is -5.09. The lowest BCUT2D eigenvalue weighted by molar-refractivity contribution is -0.143. The minimum atomic E-state index is -5.14. The van der Waals surface area contributed by atoms with Crippen molar-refractivity contribution in [1.29, 1.82) is 0 Å². The van der Waals surface area contributed by atoms with Crippen LogP contribution in [0.15, 0.2) is 60.7 Å². The third kappa shape index (κ3) is 9.04. The molecule has 0 spiro atoms. The number of hydrogen-bond acceptors (Lipinski definition) is 6. The van der Waals surface area contributed by atoms with Gasteiger partial charge in [-0.05, 0) is 82.9 Å². The fourth-order valence-corrected chi connectivity index (χ4v) is 5.77. The Hall–Kier alpha value is -4.55. The van der Waals surface area contributed by atoms with Crippen LogP contribution in [0.3, 0.4) is 0 Å². The van der Waals surface area contributed by atoms with Crippen LogP contribution in [0.4, 0.5) is 58.6 Å². The highest BCUT2D eigenvalue weighted by atomic mass is 19.4. The first-order valence-corrected chi connectivity index (χ1v) is 15.2. The van der Waals surface area contributed by atoms with Crippen molar-refractivity contribution >= 4 is 5.95 Å². The lowest BCUT2D eigenvalue weighted by Gasteiger charge is -2.44. The third-order valence-electron chi connectivity index (χ3n) is 8.18. The van der Waals surface area contributed by atoms with Crippen LogP contribution < -0.4 is 9.64 Å². The number of alkyl halides is 12. The van der Waals surface area contributed by atoms with Gasteiger partial charge in [-0.15, -0.1) is 5.10 Å². The summed E-state index contributed by atoms with van der Waals surface area (Å²) < 4.78 is 168. The highest BCUT2D eigenvalue weighted by Crippen LogP contribution is 2.39. The molecule has 0 amide bonds. The molecule has 1 aliphatic heterocycles. The highest BCUT2D eigenvalue weighted by Gasteiger charge is 2.39. The fourth-order valence-electron chi connectivity index (χ4n) is 5.77. The molecular weight excluding hydrogens is 712 g/mol. The minimum Gasteiger partial charge on any atom is -0.488 e. The zero-order chi connectivity index (χ0) is 37.5. The molecule has 1 saturated heterocycles. The summed E-state index contributed by atoms with van der Waals surface area (Å²) in [5, 5.41) is 11.5. The van der Waals surface area contributed by atoms with E-state index in [0.717, 1.165) is 34.0 Å². The first-order chi connectivity index (χ1) is 23.6. The van der Waals surface area contributed by atoms with E-state index in [2.05, 4.69) is 15.4 Å². The first-order valence-electron chi connectivity index (χ1n) is 15.2. The number of aromatic nitrogens is 4. The first kappa shape index (κ1) is 37.7. The molecule has 19 heteroatoms. The molecule has 1 unspecified atom stereocenters. The second-order valence-corrected chi connectivity index (χ2v) is 11.9. The smallest absolute Gasteiger partial charge is 0.416 e. The number of ether oxygens (including phenoxy) is 1. The van der Waals surface area contributed by atoms with E-state index in [1.54, 1.807) is 6.92 Å². The molecule has 0 bridgehead atoms. The molecule has 1 aromatic heterocycles. The largest absolute Gasteiger partial charge is 0.488 e. The molecule has 276 valence electrons. The van der Waals surface area contributed by atoms with Crippen molar-refractivity contribution in [3.63, 3.8) is 0 Å². The molecule has 1 aliphatic rings. The average molecular weight is 741 g/mol. The Morgan fingerprint density at radius 1 is 0.725 bits per heavy atom. The van der Waals surface area contributed by atoms with Gasteiger partial charge in [-0.2, -0.15) is 57.5 Å². The summed E-state index contributed by atoms with van der Waals surface area (Å²) in [6, 6.07) is 7.52. The molecule has 5 rings (SSSR count). The quantitative estimate of drug-likeness (QED) is 0.152. The summed E-state index contributed by atoms with van der Waals surface area (Å²) in [6.45, 7) is 1.12. The maximum absolute atomic E-state index is 13.9. The molecule has 0 aliphatic carbocycles. The Morgan fingerprint density at radius 3 is 1.76 bits per heavy atom. The number of hydrogen-bond donors (Lipinski definition) is 0. The molecule has 7 nitrogen and oxygen atoms in total. The van der Waals surface area contributed by atoms with Crippen LogP contribution in [0.1, 0.15) is 58.3 Å². The van der Waals surface area contributed by atoms with Crippen LogP contribution >= 0.6 is 0 Å². The fraction of sp³-hybridized carbons (Fsp3) is 0.406. The van der Waals surface area contributed by atoms with Crippen LogP contribution in [0, 0.1) is 0 Å². The molecule has 1 fully saturated rings. The molecule has 0 saturated carbocycles. The summed E-state index contributed by atoms with van der Waals surface area (Å²) >= 11 is 0. The predicted octanol–water partition coefficient (Wildman–Crippen LogP) is 8.71. The summed E-state index contributed by atoms with van der Waals surface area (Å²) in [5.74, 6) is -0.0832. The molecule has 1 atom stereocenters. The van der Waals surface area contributed by atoms with Gasteiger partial charge >= 0.3 is 24.7 Å². The van der Waals surface area contributed by atoms with Gasteiger partial charge in [0, 0.05) is 32.2 Å². The van der Waals surface area contributed by atoms with E-state index < -0.39 is 77.8 Å². The normalized spacial score (nSPS) is 15.5. The second-order valence-electron chi connectivity index (χ2n) is 11.9. The number of anilines is 1. The SMILES string of the molecule is CCC(c1ccc(C(F)(F)F)cc1CN(Cc1cc(C(F)(F)F)cc(C(F)(F)F)c1)c1nnn(C)n1)N1CC(Oc2ccc(C(F)(F)F)cc2)C1. The molecule has 0 radical (unpaired) electrons. The van der Waals surface area contributed by atoms with Gasteiger partial charge < -0.3 is 9.64 Å². The molecule has 2 heterocycles. The van der Waals surface area contributed by atoms with Gasteiger partial charge in [-0.1, -0.05) is 18.1 Å². The van der Waals surface area contributed by atoms with E-state index in [1.165, 1.54) is 25.2 Å². The predicted molar refractivity (Wildman–Crippen MR) is 157 cm³/mol. The van der Waals surface area contributed by atoms with E-state index in [9.17, 15) is 52.7 Å². The summed E-state index contributed by atoms with van der Waals surface area (Å²) in [7, 11) is 1.34. The Bertz CT molecular complexity index is 1780. The van der Waals surface area contributed by atoms with E-state index in [4.69, 9.17) is 4.74 Å². The van der Waals surface area contributed by atoms with E-state index >= 15 is 0 Å². The highest BCUT2D eigenvalue weighted by molar-refractivity contribution is 5.42. The maximum Gasteiger partial charge on any atom is 0.416 e. The number of nitrogens with zero attached hydrogens (tertiary/aromatic N) is 6. The number of rotatable bonds is 10. The second kappa shape index (κ2) is 13.9. The van der Waals surface area contributed by atoms with E-state index in [0.29, 0.717) is 24.1 Å². The number of benzene rings is 3. The van der Waals surface area contributed by atoms with Crippen molar-refractivity contribution in [1.82, 2.24) is 25.1 Å². The van der Waals surface area contributed by atoms with Crippen molar-refractivity contribution in [2.75, 3.05) is 18.0 Å². The van der Waals surface area contributed by atoms with Crippen molar-refractivity contribution in [3.8, 4) is 5.75 Å². The lowest BCUT2D eigenvalue weighted by Crippen LogP contribution is -2.55. The lowest BCUT2D eigenvalue weighted by atomic mass is 9.92. The molecule has 51 heavy (non-hydrogen) atoms. The number of aryl methyl sites for hydroxylation is 1. The summed E-state index contributed by atoms with van der Waals surface area (Å²) in [6.07, 6.45) is -19.7. The molecular formula is C32H28F12N6O. The van der Waals surface area contributed by atoms with Crippen molar-refractivity contribution in [2.24, 2.45) is 7.05 Å². The molecule has 3 aromatic carbocycles. The molecule has 4 aromatic rings. The number of tetrazole rings is 1. The van der Waals surface area contributed by atoms with E-state index in [1.807, 2.05) is 4.90 Å². The Kier molecular flexibility index (Phi) is 10.3. The Morgan fingerprint density at radius 2 is 1.27 bits per heavy atom. The summed E-state index contributed by atoms with van der Waals surface area (Å²) in [4.78, 5) is 3.96. The zero-order valence-corrected chi connectivity index (χ0v) is 26.6. The Labute approximate surface area is 282 Å². The van der Waals surface area contributed by atoms with Gasteiger partial charge in [0.25, 0.3) is 5.95 Å². The molecule has 0 N–H and O–H groups in total. The van der Waals surface area contributed by atoms with Crippen LogP contribution in [-0.4, -0.2) is 44.3 Å². The van der Waals surface area contributed by atoms with Gasteiger partial charge in [-0.25, -0.2) is 0 Å². The zero-order valence-electron chi connectivity index (χ0n) is 26.6. The van der Waals surface area contributed by atoms with E-state index in [-0.39, 0.29) is 36.4 Å². The van der Waals surface area contributed by atoms with Gasteiger partial charge in [0.1, 0.15) is 11.9 Å². The third-order valence-corrected chi connectivity index (χ3v) is 8.18. The van der Waals surface area contributed by atoms with Crippen molar-refractivity contribution in [2.45, 2.75) is 63.3 Å². The standard InChI is InChI=1S/C32H28F12N6O/c1-3-27(49-16-25(17-49)51-24-7-4-20(5-8-24)29(33,34)35)26-9-6-21(30(36,37)38)12-19(26)15-50(28-45-47-48(2)46-28)14-18-10-22(31(39,40)41)13-23(11-18)32(42,43)44/h4-13,25,27H,3,14-17H2,1-2H3. The van der Waals surface area contributed by atoms with Gasteiger partial charge in [0.05, 0.1) is 29.3 Å². The van der Waals surface area contributed by atoms with Crippen molar-refractivity contribution in [3.05, 3.63) is 99.6 Å². The van der Waals surface area contributed by atoms with Gasteiger partial charge in [0.15, 0.2) is 0 Å². The van der Waals surface area contributed by atoms with Crippen LogP contribution in [0.25, 0.3) is 0 Å². The van der Waals surface area contributed by atoms with Gasteiger partial charge in [0.2, 0.25) is 0 Å². The van der Waals surface area contributed by atoms with Crippen molar-refractivity contribution < 1.29 is 57.4 Å². The monoisotopic (exact) mass is 740 g/mol. The van der Waals surface area contributed by atoms with Crippen LogP contribution in [0.2, 0.25) is 0 Å². The van der Waals surface area contributed by atoms with Gasteiger partial charge in [-0.3, -0.25) is 4.90 Å². The van der Waals surface area contributed by atoms with Crippen LogP contribution in [-0.2, 0) is 44.8 Å². The minimum absolute atomic E-state index is 0.0349. The van der Waals surface area contributed by atoms with Crippen LogP contribution in [0.5, 0.6) is 5.75 Å². The average Bonchev–Trinajstić information content (AvgIpc) is 3.44. The number of likely N-dealkylation sites (tertiary alicyclic amines) is 1.